The van der Waals surface area contributed by atoms with E-state index in [1.165, 1.54) is 43.6 Å². The zero-order valence-electron chi connectivity index (χ0n) is 25.2. The Hall–Kier alpha value is -6.46. The number of para-hydroxylation sites is 5. The predicted molar refractivity (Wildman–Crippen MR) is 194 cm³/mol. The lowest BCUT2D eigenvalue weighted by Gasteiger charge is -2.13. The summed E-state index contributed by atoms with van der Waals surface area (Å²) >= 11 is 0. The van der Waals surface area contributed by atoms with Crippen molar-refractivity contribution >= 4 is 82.0 Å². The van der Waals surface area contributed by atoms with Gasteiger partial charge in [0.2, 0.25) is 0 Å². The number of hydrogen-bond acceptors (Lipinski definition) is 2. The minimum Gasteiger partial charge on any atom is -0.309 e. The number of rotatable bonds is 2. The second kappa shape index (κ2) is 9.05. The standard InChI is InChI=1S/C42H25N5/c1-3-11-26(12-4-1)45-33-17-9-7-15-28(33)39-36(45)21-22-37-40(39)29-19-20-30-38(41(29)46(37)27-13-5-2-6-14-27)31-25-43-24-23-34(31)47-35-18-10-8-16-32(35)44-42(30)47/h1-25H. The van der Waals surface area contributed by atoms with Crippen LogP contribution in [0.3, 0.4) is 0 Å². The summed E-state index contributed by atoms with van der Waals surface area (Å²) in [4.78, 5) is 9.89. The molecule has 0 fully saturated rings. The van der Waals surface area contributed by atoms with Gasteiger partial charge in [-0.2, -0.15) is 0 Å². The zero-order chi connectivity index (χ0) is 30.6. The highest BCUT2D eigenvalue weighted by Crippen LogP contribution is 2.46. The number of nitrogens with zero attached hydrogens (tertiary/aromatic N) is 5. The van der Waals surface area contributed by atoms with Crippen LogP contribution in [0.1, 0.15) is 0 Å². The third kappa shape index (κ3) is 3.17. The van der Waals surface area contributed by atoms with Crippen LogP contribution < -0.4 is 0 Å². The highest BCUT2D eigenvalue weighted by Gasteiger charge is 2.24. The maximum atomic E-state index is 5.21. The first-order valence-electron chi connectivity index (χ1n) is 15.9. The van der Waals surface area contributed by atoms with Crippen molar-refractivity contribution in [2.24, 2.45) is 0 Å². The molecule has 5 heterocycles. The van der Waals surface area contributed by atoms with E-state index >= 15 is 0 Å². The molecule has 11 rings (SSSR count). The molecule has 6 aromatic carbocycles. The van der Waals surface area contributed by atoms with Gasteiger partial charge in [-0.3, -0.25) is 9.38 Å². The van der Waals surface area contributed by atoms with Crippen LogP contribution in [0.15, 0.2) is 152 Å². The van der Waals surface area contributed by atoms with Gasteiger partial charge < -0.3 is 9.13 Å². The largest absolute Gasteiger partial charge is 0.309 e. The predicted octanol–water partition coefficient (Wildman–Crippen LogP) is 10.4. The number of imidazole rings is 1. The Labute approximate surface area is 268 Å². The van der Waals surface area contributed by atoms with Crippen LogP contribution in [0, 0.1) is 0 Å². The molecule has 0 bridgehead atoms. The lowest BCUT2D eigenvalue weighted by Crippen LogP contribution is -1.97. The molecule has 0 N–H and O–H groups in total. The van der Waals surface area contributed by atoms with Crippen molar-refractivity contribution in [1.82, 2.24) is 23.5 Å². The SMILES string of the molecule is c1ccc(-n2c3ccccc3c3c4c5ccc6c(c7cnccc7n7c8ccccc8nc67)c5n(-c5ccccc5)c4ccc32)cc1. The molecule has 0 atom stereocenters. The molecule has 0 saturated heterocycles. The van der Waals surface area contributed by atoms with Gasteiger partial charge in [-0.05, 0) is 66.7 Å². The summed E-state index contributed by atoms with van der Waals surface area (Å²) in [6, 6.07) is 49.9. The minimum atomic E-state index is 0.956. The van der Waals surface area contributed by atoms with Crippen molar-refractivity contribution in [2.45, 2.75) is 0 Å². The molecule has 5 nitrogen and oxygen atoms in total. The molecule has 47 heavy (non-hydrogen) atoms. The van der Waals surface area contributed by atoms with Crippen LogP contribution in [0.5, 0.6) is 0 Å². The van der Waals surface area contributed by atoms with Crippen molar-refractivity contribution < 1.29 is 0 Å². The molecule has 0 radical (unpaired) electrons. The fraction of sp³-hybridized carbons (Fsp3) is 0. The van der Waals surface area contributed by atoms with E-state index in [4.69, 9.17) is 4.98 Å². The lowest BCUT2D eigenvalue weighted by molar-refractivity contribution is 1.17. The first-order valence-corrected chi connectivity index (χ1v) is 15.9. The highest BCUT2D eigenvalue weighted by molar-refractivity contribution is 6.34. The van der Waals surface area contributed by atoms with E-state index in [0.717, 1.165) is 49.7 Å². The Morgan fingerprint density at radius 3 is 1.85 bits per heavy atom. The highest BCUT2D eigenvalue weighted by atomic mass is 15.0. The van der Waals surface area contributed by atoms with Crippen LogP contribution in [0.4, 0.5) is 0 Å². The average Bonchev–Trinajstić information content (AvgIpc) is 3.80. The molecular formula is C42H25N5. The van der Waals surface area contributed by atoms with Gasteiger partial charge in [-0.25, -0.2) is 4.98 Å². The van der Waals surface area contributed by atoms with Crippen molar-refractivity contribution in [3.8, 4) is 11.4 Å². The number of pyridine rings is 2. The summed E-state index contributed by atoms with van der Waals surface area (Å²) in [7, 11) is 0. The molecule has 218 valence electrons. The van der Waals surface area contributed by atoms with E-state index < -0.39 is 0 Å². The molecule has 0 aliphatic carbocycles. The Morgan fingerprint density at radius 1 is 0.404 bits per heavy atom. The Kier molecular flexibility index (Phi) is 4.78. The number of hydrogen-bond donors (Lipinski definition) is 0. The summed E-state index contributed by atoms with van der Waals surface area (Å²) in [6.45, 7) is 0. The van der Waals surface area contributed by atoms with E-state index in [9.17, 15) is 0 Å². The second-order valence-electron chi connectivity index (χ2n) is 12.2. The van der Waals surface area contributed by atoms with E-state index in [0.29, 0.717) is 0 Å². The summed E-state index contributed by atoms with van der Waals surface area (Å²) in [5, 5.41) is 8.34. The van der Waals surface area contributed by atoms with Crippen LogP contribution in [-0.2, 0) is 0 Å². The molecule has 5 heteroatoms. The maximum Gasteiger partial charge on any atom is 0.146 e. The van der Waals surface area contributed by atoms with E-state index in [2.05, 4.69) is 158 Å². The van der Waals surface area contributed by atoms with Gasteiger partial charge in [0.05, 0.1) is 38.6 Å². The van der Waals surface area contributed by atoms with Gasteiger partial charge >= 0.3 is 0 Å². The van der Waals surface area contributed by atoms with Crippen LogP contribution in [0.25, 0.3) is 93.3 Å². The second-order valence-corrected chi connectivity index (χ2v) is 12.2. The Morgan fingerprint density at radius 2 is 1.04 bits per heavy atom. The molecule has 0 aliphatic heterocycles. The van der Waals surface area contributed by atoms with Gasteiger partial charge in [-0.15, -0.1) is 0 Å². The normalized spacial score (nSPS) is 12.3. The number of benzene rings is 6. The van der Waals surface area contributed by atoms with Gasteiger partial charge in [0.25, 0.3) is 0 Å². The summed E-state index contributed by atoms with van der Waals surface area (Å²) < 4.78 is 7.14. The van der Waals surface area contributed by atoms with Crippen LogP contribution in [-0.4, -0.2) is 23.5 Å². The Balaban J connectivity index is 1.43. The molecule has 0 aliphatic rings. The lowest BCUT2D eigenvalue weighted by atomic mass is 10.0. The van der Waals surface area contributed by atoms with Gasteiger partial charge in [-0.1, -0.05) is 72.8 Å². The molecule has 0 saturated carbocycles. The average molecular weight is 600 g/mol. The summed E-state index contributed by atoms with van der Waals surface area (Å²) in [6.07, 6.45) is 3.91. The molecule has 5 aromatic heterocycles. The molecule has 11 aromatic rings. The minimum absolute atomic E-state index is 0.956. The van der Waals surface area contributed by atoms with Crippen molar-refractivity contribution in [3.63, 3.8) is 0 Å². The number of aromatic nitrogens is 5. The fourth-order valence-corrected chi connectivity index (χ4v) is 8.04. The quantitative estimate of drug-likeness (QED) is 0.186. The van der Waals surface area contributed by atoms with Crippen LogP contribution >= 0.6 is 0 Å². The van der Waals surface area contributed by atoms with E-state index in [1.807, 2.05) is 12.4 Å². The van der Waals surface area contributed by atoms with Crippen molar-refractivity contribution in [1.29, 1.82) is 0 Å². The number of fused-ring (bicyclic) bond motifs is 16. The molecule has 0 amide bonds. The summed E-state index contributed by atoms with van der Waals surface area (Å²) in [5.41, 5.74) is 11.1. The fourth-order valence-electron chi connectivity index (χ4n) is 8.04. The monoisotopic (exact) mass is 599 g/mol. The van der Waals surface area contributed by atoms with E-state index in [1.54, 1.807) is 0 Å². The molecular weight excluding hydrogens is 574 g/mol. The third-order valence-corrected chi connectivity index (χ3v) is 9.87. The summed E-state index contributed by atoms with van der Waals surface area (Å²) in [5.74, 6) is 0. The van der Waals surface area contributed by atoms with E-state index in [-0.39, 0.29) is 0 Å². The van der Waals surface area contributed by atoms with Gasteiger partial charge in [0, 0.05) is 61.5 Å². The first kappa shape index (κ1) is 24.8. The van der Waals surface area contributed by atoms with Crippen LogP contribution in [0.2, 0.25) is 0 Å². The van der Waals surface area contributed by atoms with Crippen molar-refractivity contribution in [3.05, 3.63) is 152 Å². The molecule has 0 spiro atoms. The molecule has 0 unspecified atom stereocenters. The zero-order valence-corrected chi connectivity index (χ0v) is 25.2. The smallest absolute Gasteiger partial charge is 0.146 e. The topological polar surface area (TPSA) is 40.1 Å². The third-order valence-electron chi connectivity index (χ3n) is 9.87. The van der Waals surface area contributed by atoms with Crippen molar-refractivity contribution in [2.75, 3.05) is 0 Å². The maximum absolute atomic E-state index is 5.21. The van der Waals surface area contributed by atoms with Gasteiger partial charge in [0.1, 0.15) is 5.65 Å². The first-order chi connectivity index (χ1) is 23.4. The van der Waals surface area contributed by atoms with Gasteiger partial charge in [0.15, 0.2) is 0 Å². The Bertz CT molecular complexity index is 3060.